The van der Waals surface area contributed by atoms with Gasteiger partial charge in [0.05, 0.1) is 70.7 Å². The van der Waals surface area contributed by atoms with E-state index in [1.165, 1.54) is 19.4 Å². The zero-order valence-corrected chi connectivity index (χ0v) is 48.8. The summed E-state index contributed by atoms with van der Waals surface area (Å²) < 4.78 is 10.6. The number of primary amides is 1. The Kier molecular flexibility index (Phi) is 39.9. The molecule has 0 aromatic carbocycles. The first kappa shape index (κ1) is 75.8. The van der Waals surface area contributed by atoms with E-state index in [0.29, 0.717) is 45.1 Å². The summed E-state index contributed by atoms with van der Waals surface area (Å²) in [5.74, 6) is -12.3. The monoisotopic (exact) mass is 1230 g/mol. The topological polar surface area (TPSA) is 505 Å². The number of aliphatic hydroxyl groups excluding tert-OH is 1. The summed E-state index contributed by atoms with van der Waals surface area (Å²) in [7, 11) is 0. The Labute approximate surface area is 497 Å². The van der Waals surface area contributed by atoms with Crippen LogP contribution in [0, 0.1) is 0 Å². The van der Waals surface area contributed by atoms with E-state index >= 15 is 0 Å². The minimum absolute atomic E-state index is 0.0324. The molecule has 1 heterocycles. The van der Waals surface area contributed by atoms with Crippen LogP contribution in [0.4, 0.5) is 0 Å². The van der Waals surface area contributed by atoms with Crippen molar-refractivity contribution in [3.05, 3.63) is 18.2 Å². The van der Waals surface area contributed by atoms with Crippen LogP contribution in [-0.4, -0.2) is 227 Å². The van der Waals surface area contributed by atoms with E-state index in [1.807, 2.05) is 6.92 Å². The first-order valence-corrected chi connectivity index (χ1v) is 28.4. The molecule has 0 saturated carbocycles. The molecule has 1 aromatic heterocycles. The third-order valence-electron chi connectivity index (χ3n) is 12.4. The molecule has 484 valence electrons. The molecule has 0 aliphatic rings. The number of carboxylic acid groups (broad SMARTS) is 3. The molecule has 10 amide bonds. The van der Waals surface area contributed by atoms with Crippen molar-refractivity contribution in [2.45, 2.75) is 153 Å². The Hall–Kier alpha value is -8.17. The first-order valence-electron chi connectivity index (χ1n) is 28.4. The minimum Gasteiger partial charge on any atom is -0.481 e. The second-order valence-electron chi connectivity index (χ2n) is 19.9. The number of carbonyl (C=O) groups excluding carboxylic acids is 11. The number of ether oxygens (including phenoxy) is 2. The van der Waals surface area contributed by atoms with Crippen LogP contribution < -0.4 is 53.6 Å². The lowest BCUT2D eigenvalue weighted by molar-refractivity contribution is -0.143. The molecule has 0 bridgehead atoms. The quantitative estimate of drug-likeness (QED) is 0.0275. The maximum Gasteiger partial charge on any atom is 0.317 e. The summed E-state index contributed by atoms with van der Waals surface area (Å²) in [6, 6.07) is -7.80. The molecular formula is C53H87N13O20. The van der Waals surface area contributed by atoms with Gasteiger partial charge in [0.1, 0.15) is 30.8 Å². The van der Waals surface area contributed by atoms with Gasteiger partial charge in [-0.05, 0) is 45.4 Å². The number of aliphatic carboxylic acids is 3. The largest absolute Gasteiger partial charge is 0.481 e. The molecule has 1 aromatic rings. The van der Waals surface area contributed by atoms with Crippen molar-refractivity contribution in [3.8, 4) is 0 Å². The van der Waals surface area contributed by atoms with E-state index in [4.69, 9.17) is 20.3 Å². The fourth-order valence-electron chi connectivity index (χ4n) is 7.89. The van der Waals surface area contributed by atoms with Gasteiger partial charge >= 0.3 is 17.9 Å². The van der Waals surface area contributed by atoms with Crippen molar-refractivity contribution in [1.82, 2.24) is 62.7 Å². The number of aliphatic hydroxyl groups is 1. The number of Topliss-reactive ketones (excluding diaryl/α,β-unsaturated/α-hetero) is 1. The number of unbranched alkanes of at least 4 members (excludes halogenated alkanes) is 7. The van der Waals surface area contributed by atoms with Crippen molar-refractivity contribution < 1.29 is 97.0 Å². The van der Waals surface area contributed by atoms with Crippen molar-refractivity contribution >= 4 is 82.8 Å². The van der Waals surface area contributed by atoms with E-state index in [2.05, 4.69) is 57.8 Å². The third-order valence-corrected chi connectivity index (χ3v) is 12.4. The predicted octanol–water partition coefficient (Wildman–Crippen LogP) is -4.24. The van der Waals surface area contributed by atoms with Gasteiger partial charge in [-0.25, -0.2) is 4.98 Å². The molecule has 0 aliphatic carbocycles. The lowest BCUT2D eigenvalue weighted by Gasteiger charge is -2.27. The number of aromatic nitrogens is 2. The van der Waals surface area contributed by atoms with E-state index in [0.717, 1.165) is 37.0 Å². The molecular weight excluding hydrogens is 1140 g/mol. The Morgan fingerprint density at radius 2 is 1.10 bits per heavy atom. The number of imidazole rings is 1. The van der Waals surface area contributed by atoms with E-state index in [1.54, 1.807) is 0 Å². The van der Waals surface area contributed by atoms with E-state index in [9.17, 15) is 82.4 Å². The highest BCUT2D eigenvalue weighted by atomic mass is 16.5. The van der Waals surface area contributed by atoms with Crippen LogP contribution in [0.3, 0.4) is 0 Å². The number of carboxylic acids is 3. The molecule has 5 atom stereocenters. The van der Waals surface area contributed by atoms with Crippen LogP contribution in [0.15, 0.2) is 12.5 Å². The number of nitrogens with one attached hydrogen (secondary N) is 10. The van der Waals surface area contributed by atoms with Gasteiger partial charge in [-0.3, -0.25) is 72.0 Å². The van der Waals surface area contributed by atoms with Gasteiger partial charge in [-0.2, -0.15) is 0 Å². The Bertz CT molecular complexity index is 2330. The number of H-pyrrole nitrogens is 1. The molecule has 33 nitrogen and oxygen atoms in total. The van der Waals surface area contributed by atoms with Crippen molar-refractivity contribution in [1.29, 1.82) is 0 Å². The maximum absolute atomic E-state index is 14.1. The number of amides is 10. The minimum atomic E-state index is -1.74. The summed E-state index contributed by atoms with van der Waals surface area (Å²) in [4.78, 5) is 183. The number of nitrogens with two attached hydrogens (primary N) is 1. The number of hydrogen-bond donors (Lipinski definition) is 15. The fourth-order valence-corrected chi connectivity index (χ4v) is 7.89. The fraction of sp³-hybridized carbons (Fsp3) is 0.679. The maximum atomic E-state index is 14.1. The average molecular weight is 1230 g/mol. The first-order chi connectivity index (χ1) is 40.9. The zero-order chi connectivity index (χ0) is 64.2. The second kappa shape index (κ2) is 45.2. The van der Waals surface area contributed by atoms with Crippen molar-refractivity contribution in [3.63, 3.8) is 0 Å². The summed E-state index contributed by atoms with van der Waals surface area (Å²) in [6.45, 7) is -1.45. The van der Waals surface area contributed by atoms with Gasteiger partial charge in [0.15, 0.2) is 5.78 Å². The van der Waals surface area contributed by atoms with Crippen molar-refractivity contribution in [2.75, 3.05) is 78.8 Å². The van der Waals surface area contributed by atoms with Gasteiger partial charge in [0.25, 0.3) is 0 Å². The molecule has 0 aliphatic heterocycles. The number of hydrogen-bond acceptors (Lipinski definition) is 19. The van der Waals surface area contributed by atoms with Gasteiger partial charge in [0.2, 0.25) is 59.1 Å². The Morgan fingerprint density at radius 3 is 1.70 bits per heavy atom. The zero-order valence-electron chi connectivity index (χ0n) is 48.8. The molecule has 16 N–H and O–H groups in total. The second-order valence-corrected chi connectivity index (χ2v) is 19.9. The summed E-state index contributed by atoms with van der Waals surface area (Å²) >= 11 is 0. The number of carbonyl (C=O) groups is 14. The van der Waals surface area contributed by atoms with E-state index in [-0.39, 0.29) is 69.6 Å². The average Bonchev–Trinajstić information content (AvgIpc) is 3.89. The number of nitrogens with zero attached hydrogens (tertiary/aromatic N) is 2. The standard InChI is InChI=1S/C53H87N13O20/c1-3-4-13-36(34(2)68)62-52(83)39(26-58-45(73)28-66(29-48(77)78)30-49(79)80)65-51(82)38(24-35-25-55-33-60-35)64-50(81)37(17-18-41(54)69)63-53(84)40(31-67)61-44(72)27-59-46(74)32-86-23-22-85-21-20-57-43(71)15-11-12-19-56-42(70)14-9-7-5-6-8-10-16-47(75)76/h25,33,36-40,67H,3-24,26-32H2,1-2H3,(H2,54,69)(H,55,60)(H,56,70)(H,57,71)(H,58,73)(H,59,74)(H,61,72)(H,62,83)(H,63,84)(H,64,81)(H,65,82)(H,75,76)(H,77,78)(H,79,80)/t36-,37-,38-,39-,40-/m0/s1. The van der Waals surface area contributed by atoms with Crippen LogP contribution in [-0.2, 0) is 83.0 Å². The Balaban J connectivity index is 2.79. The number of rotatable bonds is 51. The van der Waals surface area contributed by atoms with Gasteiger partial charge in [-0.15, -0.1) is 0 Å². The van der Waals surface area contributed by atoms with Crippen LogP contribution in [0.1, 0.15) is 122 Å². The molecule has 33 heteroatoms. The number of ketones is 1. The molecule has 0 unspecified atom stereocenters. The smallest absolute Gasteiger partial charge is 0.317 e. The number of aromatic amines is 1. The molecule has 0 spiro atoms. The van der Waals surface area contributed by atoms with Crippen molar-refractivity contribution in [2.24, 2.45) is 5.73 Å². The van der Waals surface area contributed by atoms with E-state index < -0.39 is 160 Å². The lowest BCUT2D eigenvalue weighted by atomic mass is 10.0. The van der Waals surface area contributed by atoms with Crippen LogP contribution in [0.2, 0.25) is 0 Å². The normalized spacial score (nSPS) is 12.7. The van der Waals surface area contributed by atoms with Gasteiger partial charge < -0.3 is 88.5 Å². The SMILES string of the molecule is CCCC[C@H](NC(=O)[C@H](CNC(=O)CN(CC(=O)O)CC(=O)O)NC(=O)[C@H](Cc1c[nH]cn1)NC(=O)[C@H](CCC(N)=O)NC(=O)[C@H](CO)NC(=O)CNC(=O)COCCOCCNC(=O)CCCCNC(=O)CCCCCCCCC(=O)O)C(C)=O. The highest BCUT2D eigenvalue weighted by Gasteiger charge is 2.33. The highest BCUT2D eigenvalue weighted by Crippen LogP contribution is 2.10. The van der Waals surface area contributed by atoms with Gasteiger partial charge in [0, 0.05) is 57.9 Å². The van der Waals surface area contributed by atoms with Crippen LogP contribution in [0.5, 0.6) is 0 Å². The van der Waals surface area contributed by atoms with Gasteiger partial charge in [-0.1, -0.05) is 45.4 Å². The predicted molar refractivity (Wildman–Crippen MR) is 301 cm³/mol. The summed E-state index contributed by atoms with van der Waals surface area (Å²) in [5, 5.41) is 59.1. The molecule has 0 radical (unpaired) electrons. The molecule has 0 saturated heterocycles. The molecule has 0 fully saturated rings. The lowest BCUT2D eigenvalue weighted by Crippen LogP contribution is -2.61. The van der Waals surface area contributed by atoms with Crippen LogP contribution >= 0.6 is 0 Å². The third kappa shape index (κ3) is 37.9. The summed E-state index contributed by atoms with van der Waals surface area (Å²) in [5.41, 5.74) is 5.53. The highest BCUT2D eigenvalue weighted by molar-refractivity contribution is 5.97. The Morgan fingerprint density at radius 1 is 0.547 bits per heavy atom. The van der Waals surface area contributed by atoms with Crippen LogP contribution in [0.25, 0.3) is 0 Å². The summed E-state index contributed by atoms with van der Waals surface area (Å²) in [6.07, 6.45) is 9.71. The molecule has 1 rings (SSSR count). The molecule has 86 heavy (non-hydrogen) atoms.